The highest BCUT2D eigenvalue weighted by Gasteiger charge is 2.23. The van der Waals surface area contributed by atoms with Crippen molar-refractivity contribution in [1.82, 2.24) is 15.2 Å². The summed E-state index contributed by atoms with van der Waals surface area (Å²) in [5, 5.41) is 2.82. The van der Waals surface area contributed by atoms with Crippen molar-refractivity contribution in [2.24, 2.45) is 5.92 Å². The molecule has 0 unspecified atom stereocenters. The van der Waals surface area contributed by atoms with Gasteiger partial charge in [0.1, 0.15) is 5.69 Å². The fourth-order valence-corrected chi connectivity index (χ4v) is 2.53. The molecule has 1 N–H and O–H groups in total. The molecule has 2 heterocycles. The second-order valence-electron chi connectivity index (χ2n) is 5.22. The van der Waals surface area contributed by atoms with E-state index >= 15 is 0 Å². The van der Waals surface area contributed by atoms with E-state index in [0.717, 1.165) is 38.9 Å². The van der Waals surface area contributed by atoms with Gasteiger partial charge in [0.25, 0.3) is 5.91 Å². The van der Waals surface area contributed by atoms with Gasteiger partial charge in [-0.05, 0) is 37.3 Å². The third kappa shape index (κ3) is 4.05. The SMILES string of the molecule is CC(=O)NCCC1CCN(C(=O)c2ccccn2)CC1. The van der Waals surface area contributed by atoms with Crippen LogP contribution in [0.25, 0.3) is 0 Å². The van der Waals surface area contributed by atoms with Gasteiger partial charge >= 0.3 is 0 Å². The van der Waals surface area contributed by atoms with E-state index in [1.165, 1.54) is 6.92 Å². The van der Waals surface area contributed by atoms with Crippen LogP contribution < -0.4 is 5.32 Å². The first-order valence-electron chi connectivity index (χ1n) is 7.11. The minimum atomic E-state index is 0.0194. The van der Waals surface area contributed by atoms with Gasteiger partial charge in [0.05, 0.1) is 0 Å². The molecule has 0 saturated carbocycles. The molecule has 0 aromatic carbocycles. The van der Waals surface area contributed by atoms with Crippen molar-refractivity contribution >= 4 is 11.8 Å². The molecule has 1 aromatic heterocycles. The largest absolute Gasteiger partial charge is 0.356 e. The summed E-state index contributed by atoms with van der Waals surface area (Å²) in [6.45, 7) is 3.82. The highest BCUT2D eigenvalue weighted by molar-refractivity contribution is 5.92. The lowest BCUT2D eigenvalue weighted by Gasteiger charge is -2.31. The van der Waals surface area contributed by atoms with Crippen molar-refractivity contribution in [1.29, 1.82) is 0 Å². The lowest BCUT2D eigenvalue weighted by atomic mass is 9.93. The summed E-state index contributed by atoms with van der Waals surface area (Å²) in [4.78, 5) is 29.0. The van der Waals surface area contributed by atoms with E-state index in [1.807, 2.05) is 17.0 Å². The number of aromatic nitrogens is 1. The molecule has 0 bridgehead atoms. The Morgan fingerprint density at radius 3 is 2.70 bits per heavy atom. The van der Waals surface area contributed by atoms with E-state index in [0.29, 0.717) is 11.6 Å². The topological polar surface area (TPSA) is 62.3 Å². The zero-order chi connectivity index (χ0) is 14.4. The summed E-state index contributed by atoms with van der Waals surface area (Å²) < 4.78 is 0. The molecule has 2 rings (SSSR count). The number of pyridine rings is 1. The Morgan fingerprint density at radius 1 is 1.35 bits per heavy atom. The zero-order valence-electron chi connectivity index (χ0n) is 11.8. The number of likely N-dealkylation sites (tertiary alicyclic amines) is 1. The zero-order valence-corrected chi connectivity index (χ0v) is 11.8. The molecule has 1 fully saturated rings. The third-order valence-electron chi connectivity index (χ3n) is 3.71. The van der Waals surface area contributed by atoms with Gasteiger partial charge < -0.3 is 10.2 Å². The fraction of sp³-hybridized carbons (Fsp3) is 0.533. The Bertz CT molecular complexity index is 453. The lowest BCUT2D eigenvalue weighted by molar-refractivity contribution is -0.119. The maximum absolute atomic E-state index is 12.2. The van der Waals surface area contributed by atoms with Crippen LogP contribution in [-0.4, -0.2) is 41.3 Å². The van der Waals surface area contributed by atoms with Gasteiger partial charge in [-0.25, -0.2) is 0 Å². The van der Waals surface area contributed by atoms with Crippen molar-refractivity contribution in [3.8, 4) is 0 Å². The molecule has 1 saturated heterocycles. The van der Waals surface area contributed by atoms with Gasteiger partial charge in [-0.2, -0.15) is 0 Å². The molecule has 5 nitrogen and oxygen atoms in total. The Hall–Kier alpha value is -1.91. The van der Waals surface area contributed by atoms with Gasteiger partial charge in [-0.15, -0.1) is 0 Å². The van der Waals surface area contributed by atoms with Crippen molar-refractivity contribution in [3.05, 3.63) is 30.1 Å². The predicted molar refractivity (Wildman–Crippen MR) is 76.2 cm³/mol. The Labute approximate surface area is 119 Å². The first kappa shape index (κ1) is 14.5. The van der Waals surface area contributed by atoms with Crippen LogP contribution in [0, 0.1) is 5.92 Å². The van der Waals surface area contributed by atoms with Gasteiger partial charge in [0.15, 0.2) is 0 Å². The van der Waals surface area contributed by atoms with Gasteiger partial charge in [-0.3, -0.25) is 14.6 Å². The van der Waals surface area contributed by atoms with Crippen molar-refractivity contribution in [2.45, 2.75) is 26.2 Å². The number of hydrogen-bond acceptors (Lipinski definition) is 3. The third-order valence-corrected chi connectivity index (χ3v) is 3.71. The molecule has 0 aliphatic carbocycles. The minimum absolute atomic E-state index is 0.0194. The number of hydrogen-bond donors (Lipinski definition) is 1. The van der Waals surface area contributed by atoms with Crippen LogP contribution in [0.3, 0.4) is 0 Å². The molecule has 2 amide bonds. The molecular weight excluding hydrogens is 254 g/mol. The van der Waals surface area contributed by atoms with Crippen LogP contribution in [0.15, 0.2) is 24.4 Å². The van der Waals surface area contributed by atoms with Crippen LogP contribution >= 0.6 is 0 Å². The Balaban J connectivity index is 1.77. The maximum atomic E-state index is 12.2. The van der Waals surface area contributed by atoms with Crippen LogP contribution in [0.5, 0.6) is 0 Å². The first-order valence-corrected chi connectivity index (χ1v) is 7.11. The average Bonchev–Trinajstić information content (AvgIpc) is 2.48. The minimum Gasteiger partial charge on any atom is -0.356 e. The van der Waals surface area contributed by atoms with Gasteiger partial charge in [-0.1, -0.05) is 6.07 Å². The summed E-state index contributed by atoms with van der Waals surface area (Å²) in [7, 11) is 0. The molecule has 0 radical (unpaired) electrons. The van der Waals surface area contributed by atoms with E-state index in [2.05, 4.69) is 10.3 Å². The fourth-order valence-electron chi connectivity index (χ4n) is 2.53. The molecule has 5 heteroatoms. The van der Waals surface area contributed by atoms with Crippen molar-refractivity contribution < 1.29 is 9.59 Å². The number of rotatable bonds is 4. The second-order valence-corrected chi connectivity index (χ2v) is 5.22. The highest BCUT2D eigenvalue weighted by Crippen LogP contribution is 2.21. The molecule has 0 atom stereocenters. The number of nitrogens with one attached hydrogen (secondary N) is 1. The molecule has 108 valence electrons. The normalized spacial score (nSPS) is 15.9. The van der Waals surface area contributed by atoms with E-state index in [9.17, 15) is 9.59 Å². The standard InChI is InChI=1S/C15H21N3O2/c1-12(19)16-9-5-13-6-10-18(11-7-13)15(20)14-4-2-3-8-17-14/h2-4,8,13H,5-7,9-11H2,1H3,(H,16,19). The maximum Gasteiger partial charge on any atom is 0.272 e. The molecule has 20 heavy (non-hydrogen) atoms. The average molecular weight is 275 g/mol. The number of nitrogens with zero attached hydrogens (tertiary/aromatic N) is 2. The molecule has 1 aliphatic heterocycles. The second kappa shape index (κ2) is 7.03. The van der Waals surface area contributed by atoms with Crippen molar-refractivity contribution in [3.63, 3.8) is 0 Å². The number of piperidine rings is 1. The summed E-state index contributed by atoms with van der Waals surface area (Å²) in [6.07, 6.45) is 4.63. The quantitative estimate of drug-likeness (QED) is 0.905. The van der Waals surface area contributed by atoms with Crippen molar-refractivity contribution in [2.75, 3.05) is 19.6 Å². The van der Waals surface area contributed by atoms with E-state index in [4.69, 9.17) is 0 Å². The summed E-state index contributed by atoms with van der Waals surface area (Å²) in [5.41, 5.74) is 0.518. The molecule has 0 spiro atoms. The Morgan fingerprint density at radius 2 is 2.10 bits per heavy atom. The van der Waals surface area contributed by atoms with Gasteiger partial charge in [0.2, 0.25) is 5.91 Å². The van der Waals surface area contributed by atoms with Crippen LogP contribution in [0.4, 0.5) is 0 Å². The smallest absolute Gasteiger partial charge is 0.272 e. The highest BCUT2D eigenvalue weighted by atomic mass is 16.2. The van der Waals surface area contributed by atoms with E-state index in [-0.39, 0.29) is 11.8 Å². The predicted octanol–water partition coefficient (Wildman–Crippen LogP) is 1.46. The summed E-state index contributed by atoms with van der Waals surface area (Å²) >= 11 is 0. The van der Waals surface area contributed by atoms with Crippen LogP contribution in [0.2, 0.25) is 0 Å². The first-order chi connectivity index (χ1) is 9.66. The molecule has 1 aromatic rings. The number of amides is 2. The van der Waals surface area contributed by atoms with E-state index < -0.39 is 0 Å². The summed E-state index contributed by atoms with van der Waals surface area (Å²) in [5.74, 6) is 0.633. The molecule has 1 aliphatic rings. The van der Waals surface area contributed by atoms with Crippen LogP contribution in [-0.2, 0) is 4.79 Å². The number of carbonyl (C=O) groups is 2. The number of carbonyl (C=O) groups excluding carboxylic acids is 2. The summed E-state index contributed by atoms with van der Waals surface area (Å²) in [6, 6.07) is 5.40. The molecular formula is C15H21N3O2. The monoisotopic (exact) mass is 275 g/mol. The van der Waals surface area contributed by atoms with Gasteiger partial charge in [0, 0.05) is 32.8 Å². The van der Waals surface area contributed by atoms with E-state index in [1.54, 1.807) is 12.3 Å². The van der Waals surface area contributed by atoms with Crippen LogP contribution in [0.1, 0.15) is 36.7 Å². The lowest BCUT2D eigenvalue weighted by Crippen LogP contribution is -2.39. The Kier molecular flexibility index (Phi) is 5.09.